The van der Waals surface area contributed by atoms with E-state index in [-0.39, 0.29) is 24.5 Å². The van der Waals surface area contributed by atoms with E-state index in [2.05, 4.69) is 0 Å². The number of carbonyl (C=O) groups excluding carboxylic acids is 1. The van der Waals surface area contributed by atoms with Gasteiger partial charge in [0.1, 0.15) is 28.6 Å². The lowest BCUT2D eigenvalue weighted by molar-refractivity contribution is -0.144. The summed E-state index contributed by atoms with van der Waals surface area (Å²) in [6, 6.07) is 7.49. The highest BCUT2D eigenvalue weighted by Gasteiger charge is 2.46. The van der Waals surface area contributed by atoms with Crippen LogP contribution in [-0.2, 0) is 19.6 Å². The number of methoxy groups -OCH3 is 2. The summed E-state index contributed by atoms with van der Waals surface area (Å²) in [6.45, 7) is -0.254. The molecule has 0 bridgehead atoms. The van der Waals surface area contributed by atoms with Gasteiger partial charge in [-0.2, -0.15) is 4.31 Å². The van der Waals surface area contributed by atoms with Crippen molar-refractivity contribution >= 4 is 16.0 Å². The van der Waals surface area contributed by atoms with Crippen LogP contribution in [0.15, 0.2) is 47.4 Å². The van der Waals surface area contributed by atoms with Gasteiger partial charge in [-0.25, -0.2) is 17.2 Å². The van der Waals surface area contributed by atoms with E-state index >= 15 is 0 Å². The summed E-state index contributed by atoms with van der Waals surface area (Å²) in [5.74, 6) is -2.34. The molecule has 29 heavy (non-hydrogen) atoms. The molecule has 7 nitrogen and oxygen atoms in total. The van der Waals surface area contributed by atoms with E-state index < -0.39 is 44.7 Å². The predicted molar refractivity (Wildman–Crippen MR) is 98.1 cm³/mol. The Balaban J connectivity index is 1.96. The molecule has 2 unspecified atom stereocenters. The molecule has 1 saturated heterocycles. The Morgan fingerprint density at radius 2 is 1.83 bits per heavy atom. The fourth-order valence-corrected chi connectivity index (χ4v) is 4.96. The highest BCUT2D eigenvalue weighted by molar-refractivity contribution is 7.89. The molecule has 0 spiro atoms. The number of sulfonamides is 1. The molecular weight excluding hydrogens is 408 g/mol. The van der Waals surface area contributed by atoms with Gasteiger partial charge in [-0.1, -0.05) is 12.1 Å². The van der Waals surface area contributed by atoms with Crippen LogP contribution < -0.4 is 9.47 Å². The van der Waals surface area contributed by atoms with E-state index in [9.17, 15) is 22.0 Å². The third kappa shape index (κ3) is 4.18. The average molecular weight is 427 g/mol. The lowest BCUT2D eigenvalue weighted by atomic mass is 10.2. The van der Waals surface area contributed by atoms with Crippen LogP contribution in [0, 0.1) is 11.6 Å². The molecule has 1 fully saturated rings. The smallest absolute Gasteiger partial charge is 0.324 e. The van der Waals surface area contributed by atoms with Crippen LogP contribution >= 0.6 is 0 Å². The van der Waals surface area contributed by atoms with Gasteiger partial charge in [-0.3, -0.25) is 4.79 Å². The number of hydrogen-bond donors (Lipinski definition) is 0. The van der Waals surface area contributed by atoms with E-state index in [0.717, 1.165) is 23.5 Å². The zero-order valence-electron chi connectivity index (χ0n) is 15.7. The molecule has 1 heterocycles. The Morgan fingerprint density at radius 1 is 1.10 bits per heavy atom. The number of carbonyl (C=O) groups is 1. The van der Waals surface area contributed by atoms with Crippen LogP contribution in [0.5, 0.6) is 11.5 Å². The molecule has 0 aromatic heterocycles. The number of esters is 1. The van der Waals surface area contributed by atoms with Crippen LogP contribution in [0.2, 0.25) is 0 Å². The van der Waals surface area contributed by atoms with Gasteiger partial charge in [-0.15, -0.1) is 0 Å². The second kappa shape index (κ2) is 8.34. The van der Waals surface area contributed by atoms with Crippen molar-refractivity contribution in [3.05, 3.63) is 54.1 Å². The van der Waals surface area contributed by atoms with Crippen molar-refractivity contribution in [1.29, 1.82) is 0 Å². The van der Waals surface area contributed by atoms with Gasteiger partial charge in [0.15, 0.2) is 11.6 Å². The molecule has 0 amide bonds. The van der Waals surface area contributed by atoms with E-state index in [4.69, 9.17) is 14.2 Å². The monoisotopic (exact) mass is 427 g/mol. The molecule has 0 N–H and O–H groups in total. The first-order chi connectivity index (χ1) is 13.8. The van der Waals surface area contributed by atoms with Gasteiger partial charge in [-0.05, 0) is 30.3 Å². The minimum atomic E-state index is -4.35. The van der Waals surface area contributed by atoms with Crippen molar-refractivity contribution in [1.82, 2.24) is 4.31 Å². The largest absolute Gasteiger partial charge is 0.495 e. The van der Waals surface area contributed by atoms with Crippen LogP contribution in [0.3, 0.4) is 0 Å². The molecule has 2 atom stereocenters. The fourth-order valence-electron chi connectivity index (χ4n) is 3.17. The Bertz CT molecular complexity index is 1010. The van der Waals surface area contributed by atoms with Gasteiger partial charge in [0.25, 0.3) is 0 Å². The average Bonchev–Trinajstić information content (AvgIpc) is 3.14. The first kappa shape index (κ1) is 21.0. The third-order valence-electron chi connectivity index (χ3n) is 4.53. The summed E-state index contributed by atoms with van der Waals surface area (Å²) in [7, 11) is -1.98. The number of nitrogens with zero attached hydrogens (tertiary/aromatic N) is 1. The summed E-state index contributed by atoms with van der Waals surface area (Å²) in [6.07, 6.45) is -0.872. The quantitative estimate of drug-likeness (QED) is 0.659. The van der Waals surface area contributed by atoms with Crippen molar-refractivity contribution in [3.63, 3.8) is 0 Å². The summed E-state index contributed by atoms with van der Waals surface area (Å²) < 4.78 is 70.2. The Hall–Kier alpha value is -2.72. The first-order valence-corrected chi connectivity index (χ1v) is 10.1. The summed E-state index contributed by atoms with van der Waals surface area (Å²) in [5.41, 5.74) is 0. The number of halogens is 2. The maximum Gasteiger partial charge on any atom is 0.324 e. The molecule has 3 rings (SSSR count). The van der Waals surface area contributed by atoms with Crippen molar-refractivity contribution in [2.24, 2.45) is 0 Å². The molecule has 1 aliphatic rings. The number of benzene rings is 2. The van der Waals surface area contributed by atoms with Crippen molar-refractivity contribution in [2.75, 3.05) is 20.8 Å². The highest BCUT2D eigenvalue weighted by atomic mass is 32.2. The Kier molecular flexibility index (Phi) is 6.04. The van der Waals surface area contributed by atoms with E-state index in [1.807, 2.05) is 0 Å². The minimum Gasteiger partial charge on any atom is -0.495 e. The Labute approximate surface area is 166 Å². The first-order valence-electron chi connectivity index (χ1n) is 8.62. The molecule has 10 heteroatoms. The molecule has 2 aromatic carbocycles. The topological polar surface area (TPSA) is 82.1 Å². The van der Waals surface area contributed by atoms with Gasteiger partial charge in [0, 0.05) is 6.42 Å². The maximum atomic E-state index is 13.9. The third-order valence-corrected chi connectivity index (χ3v) is 6.43. The summed E-state index contributed by atoms with van der Waals surface area (Å²) in [4.78, 5) is 11.8. The van der Waals surface area contributed by atoms with E-state index in [1.165, 1.54) is 31.4 Å². The van der Waals surface area contributed by atoms with E-state index in [1.54, 1.807) is 6.07 Å². The SMILES string of the molecule is COC(=O)C1CC(Oc2ccccc2F)CN1S(=O)(=O)c1cc(F)ccc1OC. The molecular formula is C19H19F2NO6S. The number of hydrogen-bond acceptors (Lipinski definition) is 6. The zero-order valence-corrected chi connectivity index (χ0v) is 16.5. The second-order valence-corrected chi connectivity index (χ2v) is 8.17. The lowest BCUT2D eigenvalue weighted by Gasteiger charge is -2.22. The molecule has 156 valence electrons. The lowest BCUT2D eigenvalue weighted by Crippen LogP contribution is -2.41. The van der Waals surface area contributed by atoms with Crippen molar-refractivity contribution in [3.8, 4) is 11.5 Å². The summed E-state index contributed by atoms with van der Waals surface area (Å²) in [5, 5.41) is 0. The van der Waals surface area contributed by atoms with Gasteiger partial charge in [0.2, 0.25) is 10.0 Å². The minimum absolute atomic E-state index is 0.0577. The van der Waals surface area contributed by atoms with E-state index in [0.29, 0.717) is 0 Å². The van der Waals surface area contributed by atoms with Crippen molar-refractivity contribution in [2.45, 2.75) is 23.5 Å². The van der Waals surface area contributed by atoms with Crippen LogP contribution in [0.1, 0.15) is 6.42 Å². The molecule has 1 aliphatic heterocycles. The number of rotatable bonds is 6. The van der Waals surface area contributed by atoms with Crippen molar-refractivity contribution < 1.29 is 36.2 Å². The molecule has 0 radical (unpaired) electrons. The van der Waals surface area contributed by atoms with Gasteiger partial charge < -0.3 is 14.2 Å². The second-order valence-electron chi connectivity index (χ2n) is 6.31. The standard InChI is InChI=1S/C19H19F2NO6S/c1-26-17-8-7-12(20)9-18(17)29(24,25)22-11-13(10-15(22)19(23)27-2)28-16-6-4-3-5-14(16)21/h3-9,13,15H,10-11H2,1-2H3. The van der Waals surface area contributed by atoms with Crippen LogP contribution in [0.25, 0.3) is 0 Å². The number of ether oxygens (including phenoxy) is 3. The molecule has 0 saturated carbocycles. The normalized spacial score (nSPS) is 19.7. The van der Waals surface area contributed by atoms with Gasteiger partial charge >= 0.3 is 5.97 Å². The Morgan fingerprint density at radius 3 is 2.48 bits per heavy atom. The maximum absolute atomic E-state index is 13.9. The molecule has 0 aliphatic carbocycles. The van der Waals surface area contributed by atoms with Crippen LogP contribution in [-0.4, -0.2) is 51.6 Å². The fraction of sp³-hybridized carbons (Fsp3) is 0.316. The van der Waals surface area contributed by atoms with Gasteiger partial charge in [0.05, 0.1) is 20.8 Å². The zero-order chi connectivity index (χ0) is 21.2. The molecule has 2 aromatic rings. The number of para-hydroxylation sites is 1. The summed E-state index contributed by atoms with van der Waals surface area (Å²) >= 11 is 0. The van der Waals surface area contributed by atoms with Crippen LogP contribution in [0.4, 0.5) is 8.78 Å². The highest BCUT2D eigenvalue weighted by Crippen LogP contribution is 2.34. The predicted octanol–water partition coefficient (Wildman–Crippen LogP) is 2.36.